The molecule has 1 aliphatic heterocycles. The van der Waals surface area contributed by atoms with E-state index in [-0.39, 0.29) is 11.0 Å². The van der Waals surface area contributed by atoms with Crippen LogP contribution in [-0.4, -0.2) is 51.1 Å². The summed E-state index contributed by atoms with van der Waals surface area (Å²) in [5.74, 6) is 1.72. The number of likely N-dealkylation sites (tertiary alicyclic amines) is 1. The molecule has 194 valence electrons. The zero-order valence-electron chi connectivity index (χ0n) is 22.5. The molecule has 2 saturated carbocycles. The Kier molecular flexibility index (Phi) is 5.22. The van der Waals surface area contributed by atoms with Gasteiger partial charge in [-0.3, -0.25) is 9.58 Å². The minimum Gasteiger partial charge on any atom is -0.497 e. The molecule has 5 aliphatic rings. The fourth-order valence-corrected chi connectivity index (χ4v) is 8.80. The summed E-state index contributed by atoms with van der Waals surface area (Å²) < 4.78 is 8.11. The lowest BCUT2D eigenvalue weighted by Gasteiger charge is -2.65. The number of aliphatic hydroxyl groups is 1. The van der Waals surface area contributed by atoms with Gasteiger partial charge in [0, 0.05) is 36.0 Å². The number of aromatic nitrogens is 2. The molecule has 1 N–H and O–H groups in total. The number of fused-ring (bicyclic) bond motifs is 2. The van der Waals surface area contributed by atoms with Crippen LogP contribution in [0, 0.1) is 12.8 Å². The molecule has 3 atom stereocenters. The molecule has 1 saturated heterocycles. The molecule has 1 aromatic carbocycles. The number of aryl methyl sites for hydroxylation is 1. The Morgan fingerprint density at radius 3 is 2.64 bits per heavy atom. The Morgan fingerprint density at radius 2 is 1.89 bits per heavy atom. The van der Waals surface area contributed by atoms with Crippen molar-refractivity contribution >= 4 is 0 Å². The van der Waals surface area contributed by atoms with Gasteiger partial charge < -0.3 is 9.84 Å². The summed E-state index contributed by atoms with van der Waals surface area (Å²) in [6.07, 6.45) is 13.7. The van der Waals surface area contributed by atoms with E-state index in [1.54, 1.807) is 7.11 Å². The molecular formula is C31H43N3O2. The Morgan fingerprint density at radius 1 is 1.08 bits per heavy atom. The molecule has 0 spiro atoms. The summed E-state index contributed by atoms with van der Waals surface area (Å²) in [5, 5.41) is 18.6. The van der Waals surface area contributed by atoms with Gasteiger partial charge in [0.2, 0.25) is 0 Å². The van der Waals surface area contributed by atoms with Crippen LogP contribution in [0.15, 0.2) is 18.2 Å². The smallest absolute Gasteiger partial charge is 0.119 e. The maximum Gasteiger partial charge on any atom is 0.119 e. The highest BCUT2D eigenvalue weighted by atomic mass is 16.5. The van der Waals surface area contributed by atoms with Crippen molar-refractivity contribution in [3.05, 3.63) is 46.3 Å². The van der Waals surface area contributed by atoms with E-state index in [0.29, 0.717) is 6.04 Å². The zero-order valence-corrected chi connectivity index (χ0v) is 22.5. The summed E-state index contributed by atoms with van der Waals surface area (Å²) in [6, 6.07) is 7.18. The Labute approximate surface area is 216 Å². The van der Waals surface area contributed by atoms with Crippen LogP contribution in [0.4, 0.5) is 0 Å². The number of methoxy groups -OCH3 is 1. The third-order valence-electron chi connectivity index (χ3n) is 11.3. The van der Waals surface area contributed by atoms with Crippen LogP contribution < -0.4 is 4.74 Å². The summed E-state index contributed by atoms with van der Waals surface area (Å²) in [5.41, 5.74) is 5.22. The Balaban J connectivity index is 1.40. The summed E-state index contributed by atoms with van der Waals surface area (Å²) in [4.78, 5) is 2.71. The Hall–Kier alpha value is -1.85. The molecule has 5 heteroatoms. The van der Waals surface area contributed by atoms with E-state index in [0.717, 1.165) is 56.9 Å². The lowest BCUT2D eigenvalue weighted by Crippen LogP contribution is -2.77. The van der Waals surface area contributed by atoms with Crippen LogP contribution in [0.1, 0.15) is 98.8 Å². The first kappa shape index (κ1) is 23.3. The molecular weight excluding hydrogens is 446 g/mol. The standard InChI is InChI=1S/C31H43N3O2/c1-21-26-18-31(35)29(2)14-13-23-11-12-25(36-3)17-27(23)30(31,15-16-33(29)20-22-9-10-22)19-28(26)32-34(21)24-7-5-4-6-8-24/h11-12,17,22,24,35H,4-10,13-16,18-20H2,1-3H3/t29-,30+,31+/m1/s1. The molecule has 0 amide bonds. The normalized spacial score (nSPS) is 34.4. The quantitative estimate of drug-likeness (QED) is 0.634. The number of rotatable bonds is 4. The third kappa shape index (κ3) is 3.11. The molecule has 4 aliphatic carbocycles. The van der Waals surface area contributed by atoms with E-state index in [1.807, 2.05) is 0 Å². The molecule has 5 nitrogen and oxygen atoms in total. The second kappa shape index (κ2) is 8.07. The van der Waals surface area contributed by atoms with Crippen molar-refractivity contribution in [1.29, 1.82) is 0 Å². The number of nitrogens with zero attached hydrogens (tertiary/aromatic N) is 3. The van der Waals surface area contributed by atoms with Crippen molar-refractivity contribution in [3.63, 3.8) is 0 Å². The zero-order chi connectivity index (χ0) is 24.7. The fraction of sp³-hybridized carbons (Fsp3) is 0.710. The summed E-state index contributed by atoms with van der Waals surface area (Å²) in [6.45, 7) is 6.87. The van der Waals surface area contributed by atoms with Gasteiger partial charge in [0.1, 0.15) is 5.75 Å². The van der Waals surface area contributed by atoms with Crippen molar-refractivity contribution in [3.8, 4) is 5.75 Å². The van der Waals surface area contributed by atoms with Crippen LogP contribution in [0.25, 0.3) is 0 Å². The van der Waals surface area contributed by atoms with E-state index < -0.39 is 5.60 Å². The lowest BCUT2D eigenvalue weighted by molar-refractivity contribution is -0.190. The van der Waals surface area contributed by atoms with Gasteiger partial charge in [-0.1, -0.05) is 25.3 Å². The van der Waals surface area contributed by atoms with Crippen molar-refractivity contribution in [2.45, 2.75) is 113 Å². The third-order valence-corrected chi connectivity index (χ3v) is 11.3. The second-order valence-electron chi connectivity index (χ2n) is 13.0. The lowest BCUT2D eigenvalue weighted by atomic mass is 9.50. The molecule has 7 rings (SSSR count). The highest BCUT2D eigenvalue weighted by molar-refractivity contribution is 5.51. The number of hydrogen-bond acceptors (Lipinski definition) is 4. The molecule has 2 aromatic rings. The van der Waals surface area contributed by atoms with Crippen LogP contribution in [0.5, 0.6) is 5.75 Å². The van der Waals surface area contributed by atoms with E-state index in [4.69, 9.17) is 9.84 Å². The van der Waals surface area contributed by atoms with Crippen LogP contribution >= 0.6 is 0 Å². The molecule has 2 bridgehead atoms. The average Bonchev–Trinajstić information content (AvgIpc) is 3.67. The largest absolute Gasteiger partial charge is 0.497 e. The molecule has 2 heterocycles. The maximum absolute atomic E-state index is 13.3. The van der Waals surface area contributed by atoms with Gasteiger partial charge in [-0.05, 0) is 100 Å². The highest BCUT2D eigenvalue weighted by Crippen LogP contribution is 2.61. The van der Waals surface area contributed by atoms with Gasteiger partial charge in [0.25, 0.3) is 0 Å². The maximum atomic E-state index is 13.3. The van der Waals surface area contributed by atoms with Gasteiger partial charge >= 0.3 is 0 Å². The summed E-state index contributed by atoms with van der Waals surface area (Å²) in [7, 11) is 1.76. The van der Waals surface area contributed by atoms with Gasteiger partial charge in [0.05, 0.1) is 24.4 Å². The predicted molar refractivity (Wildman–Crippen MR) is 142 cm³/mol. The van der Waals surface area contributed by atoms with E-state index >= 15 is 0 Å². The number of ether oxygens (including phenoxy) is 1. The first-order chi connectivity index (χ1) is 17.4. The molecule has 3 fully saturated rings. The number of benzene rings is 1. The van der Waals surface area contributed by atoms with Crippen molar-refractivity contribution in [2.24, 2.45) is 5.92 Å². The van der Waals surface area contributed by atoms with Crippen molar-refractivity contribution in [1.82, 2.24) is 14.7 Å². The second-order valence-corrected chi connectivity index (χ2v) is 13.0. The van der Waals surface area contributed by atoms with Gasteiger partial charge in [-0.25, -0.2) is 0 Å². The fourth-order valence-electron chi connectivity index (χ4n) is 8.80. The number of hydrogen-bond donors (Lipinski definition) is 1. The van der Waals surface area contributed by atoms with Gasteiger partial charge in [-0.15, -0.1) is 0 Å². The highest BCUT2D eigenvalue weighted by Gasteiger charge is 2.68. The minimum atomic E-state index is -0.830. The topological polar surface area (TPSA) is 50.5 Å². The first-order valence-electron chi connectivity index (χ1n) is 14.6. The van der Waals surface area contributed by atoms with Crippen LogP contribution in [0.2, 0.25) is 0 Å². The Bertz CT molecular complexity index is 1180. The van der Waals surface area contributed by atoms with Crippen molar-refractivity contribution < 1.29 is 9.84 Å². The average molecular weight is 490 g/mol. The SMILES string of the molecule is COc1ccc2c(c1)[C@@]13CCN(CC4CC4)[C@](C)(CC2)[C@@]1(O)Cc1c(nn(C2CCCCC2)c1C)C3. The first-order valence-corrected chi connectivity index (χ1v) is 14.6. The van der Waals surface area contributed by atoms with Crippen LogP contribution in [0.3, 0.4) is 0 Å². The summed E-state index contributed by atoms with van der Waals surface area (Å²) >= 11 is 0. The molecule has 36 heavy (non-hydrogen) atoms. The molecule has 0 unspecified atom stereocenters. The van der Waals surface area contributed by atoms with E-state index in [1.165, 1.54) is 73.0 Å². The van der Waals surface area contributed by atoms with E-state index in [2.05, 4.69) is 41.6 Å². The monoisotopic (exact) mass is 489 g/mol. The minimum absolute atomic E-state index is 0.253. The van der Waals surface area contributed by atoms with Gasteiger partial charge in [0.15, 0.2) is 0 Å². The van der Waals surface area contributed by atoms with Gasteiger partial charge in [-0.2, -0.15) is 5.10 Å². The molecule has 0 radical (unpaired) electrons. The predicted octanol–water partition coefficient (Wildman–Crippen LogP) is 5.29. The molecule has 1 aromatic heterocycles. The van der Waals surface area contributed by atoms with Crippen molar-refractivity contribution in [2.75, 3.05) is 20.2 Å². The van der Waals surface area contributed by atoms with Crippen LogP contribution in [-0.2, 0) is 24.7 Å². The number of piperidine rings is 1. The van der Waals surface area contributed by atoms with E-state index in [9.17, 15) is 5.11 Å².